The molecule has 0 saturated heterocycles. The number of carbonyl (C=O) groups is 1. The van der Waals surface area contributed by atoms with E-state index >= 15 is 0 Å². The summed E-state index contributed by atoms with van der Waals surface area (Å²) in [6, 6.07) is 12.4. The number of aromatic amines is 1. The van der Waals surface area contributed by atoms with E-state index in [9.17, 15) is 18.8 Å². The van der Waals surface area contributed by atoms with Gasteiger partial charge in [0, 0.05) is 24.6 Å². The van der Waals surface area contributed by atoms with Gasteiger partial charge in [-0.05, 0) is 41.1 Å². The molecule has 0 unspecified atom stereocenters. The van der Waals surface area contributed by atoms with E-state index in [0.29, 0.717) is 22.8 Å². The first kappa shape index (κ1) is 20.3. The molecule has 0 aliphatic rings. The van der Waals surface area contributed by atoms with Crippen molar-refractivity contribution >= 4 is 11.6 Å². The van der Waals surface area contributed by atoms with Crippen LogP contribution in [-0.2, 0) is 5.92 Å². The van der Waals surface area contributed by atoms with Gasteiger partial charge >= 0.3 is 11.7 Å². The number of halogens is 2. The van der Waals surface area contributed by atoms with Crippen molar-refractivity contribution in [3.05, 3.63) is 65.5 Å². The quantitative estimate of drug-likeness (QED) is 0.425. The number of imidazole rings is 1. The number of aromatic nitrogens is 2. The molecule has 2 aromatic carbocycles. The second-order valence-electron chi connectivity index (χ2n) is 6.58. The summed E-state index contributed by atoms with van der Waals surface area (Å²) in [4.78, 5) is 15.7. The molecular formula is C21H22F2N3O3+. The Morgan fingerprint density at radius 1 is 1.24 bits per heavy atom. The number of alkyl halides is 2. The largest absolute Gasteiger partial charge is 0.497 e. The van der Waals surface area contributed by atoms with Crippen LogP contribution in [-0.4, -0.2) is 23.2 Å². The maximum Gasteiger partial charge on any atom is 0.327 e. The summed E-state index contributed by atoms with van der Waals surface area (Å²) < 4.78 is 33.7. The van der Waals surface area contributed by atoms with Gasteiger partial charge in [-0.1, -0.05) is 19.1 Å². The van der Waals surface area contributed by atoms with Crippen LogP contribution in [0.25, 0.3) is 11.4 Å². The second-order valence-corrected chi connectivity index (χ2v) is 6.58. The highest BCUT2D eigenvalue weighted by molar-refractivity contribution is 6.02. The van der Waals surface area contributed by atoms with E-state index in [0.717, 1.165) is 4.73 Å². The molecule has 1 aromatic heterocycles. The maximum absolute atomic E-state index is 13.9. The fourth-order valence-corrected chi connectivity index (χ4v) is 2.99. The Balaban J connectivity index is 1.89. The van der Waals surface area contributed by atoms with Crippen LogP contribution in [0.1, 0.15) is 35.1 Å². The van der Waals surface area contributed by atoms with E-state index in [1.807, 2.05) is 0 Å². The summed E-state index contributed by atoms with van der Waals surface area (Å²) in [6.45, 7) is 3.03. The lowest BCUT2D eigenvalue weighted by Gasteiger charge is -2.15. The number of anilines is 1. The lowest BCUT2D eigenvalue weighted by atomic mass is 10.1. The van der Waals surface area contributed by atoms with Crippen molar-refractivity contribution in [3.63, 3.8) is 0 Å². The zero-order chi connectivity index (χ0) is 21.2. The topological polar surface area (TPSA) is 78.2 Å². The number of methoxy groups -OCH3 is 1. The van der Waals surface area contributed by atoms with Crippen LogP contribution in [0.4, 0.5) is 14.5 Å². The first-order valence-electron chi connectivity index (χ1n) is 9.05. The Hall–Kier alpha value is -3.42. The van der Waals surface area contributed by atoms with Crippen molar-refractivity contribution in [2.24, 2.45) is 0 Å². The number of aryl methyl sites for hydroxylation is 1. The number of hydrogen-bond donors (Lipinski definition) is 3. The number of hydrogen-bond acceptors (Lipinski definition) is 3. The van der Waals surface area contributed by atoms with Gasteiger partial charge in [-0.15, -0.1) is 0 Å². The maximum atomic E-state index is 13.9. The SMILES string of the molecule is CCC(F)(F)c1cccc(NC(=O)c2c(C)[nH]c(-c3ccc(OC)cc3)[n+]2O)c1. The van der Waals surface area contributed by atoms with Crippen molar-refractivity contribution < 1.29 is 28.2 Å². The molecule has 8 heteroatoms. The third-order valence-corrected chi connectivity index (χ3v) is 4.65. The standard InChI is InChI=1S/C21H21F2N3O3/c1-4-21(22,23)15-6-5-7-16(12-15)25-20(27)18-13(2)24-19(26(18)28)14-8-10-17(29-3)11-9-14/h5-12,28H,4H2,1-3H3,(H,25,27)/p+1. The summed E-state index contributed by atoms with van der Waals surface area (Å²) >= 11 is 0. The van der Waals surface area contributed by atoms with E-state index in [-0.39, 0.29) is 23.4 Å². The molecule has 3 rings (SSSR count). The van der Waals surface area contributed by atoms with Crippen LogP contribution in [0.15, 0.2) is 48.5 Å². The molecule has 0 radical (unpaired) electrons. The van der Waals surface area contributed by atoms with E-state index in [2.05, 4.69) is 10.3 Å². The third-order valence-electron chi connectivity index (χ3n) is 4.65. The lowest BCUT2D eigenvalue weighted by Crippen LogP contribution is -2.39. The van der Waals surface area contributed by atoms with Gasteiger partial charge < -0.3 is 15.3 Å². The highest BCUT2D eigenvalue weighted by Gasteiger charge is 2.31. The normalized spacial score (nSPS) is 11.3. The number of carbonyl (C=O) groups excluding carboxylic acids is 1. The van der Waals surface area contributed by atoms with Gasteiger partial charge in [0.25, 0.3) is 11.6 Å². The van der Waals surface area contributed by atoms with Crippen LogP contribution in [0, 0.1) is 6.92 Å². The van der Waals surface area contributed by atoms with Crippen LogP contribution in [0.5, 0.6) is 5.75 Å². The number of nitrogens with zero attached hydrogens (tertiary/aromatic N) is 1. The molecule has 3 aromatic rings. The molecule has 1 amide bonds. The summed E-state index contributed by atoms with van der Waals surface area (Å²) in [6.07, 6.45) is -0.344. The predicted molar refractivity (Wildman–Crippen MR) is 103 cm³/mol. The number of rotatable bonds is 6. The fourth-order valence-electron chi connectivity index (χ4n) is 2.99. The average Bonchev–Trinajstić information content (AvgIpc) is 3.02. The molecule has 0 fully saturated rings. The van der Waals surface area contributed by atoms with Crippen LogP contribution in [0.3, 0.4) is 0 Å². The molecule has 1 heterocycles. The second kappa shape index (κ2) is 7.90. The third kappa shape index (κ3) is 4.06. The van der Waals surface area contributed by atoms with E-state index in [1.54, 1.807) is 38.3 Å². The molecule has 6 nitrogen and oxygen atoms in total. The highest BCUT2D eigenvalue weighted by Crippen LogP contribution is 2.32. The number of benzene rings is 2. The van der Waals surface area contributed by atoms with Gasteiger partial charge in [0.05, 0.1) is 12.7 Å². The first-order chi connectivity index (χ1) is 13.8. The smallest absolute Gasteiger partial charge is 0.327 e. The van der Waals surface area contributed by atoms with Gasteiger partial charge in [-0.2, -0.15) is 0 Å². The molecule has 0 bridgehead atoms. The Kier molecular flexibility index (Phi) is 5.54. The first-order valence-corrected chi connectivity index (χ1v) is 9.05. The molecule has 152 valence electrons. The predicted octanol–water partition coefficient (Wildman–Crippen LogP) is 4.28. The number of H-pyrrole nitrogens is 1. The van der Waals surface area contributed by atoms with Crippen molar-refractivity contribution in [1.82, 2.24) is 4.98 Å². The average molecular weight is 402 g/mol. The van der Waals surface area contributed by atoms with Gasteiger partial charge in [0.15, 0.2) is 5.69 Å². The molecular weight excluding hydrogens is 380 g/mol. The molecule has 0 aliphatic carbocycles. The summed E-state index contributed by atoms with van der Waals surface area (Å²) in [5, 5.41) is 13.1. The van der Waals surface area contributed by atoms with Crippen LogP contribution >= 0.6 is 0 Å². The highest BCUT2D eigenvalue weighted by atomic mass is 19.3. The number of nitrogens with one attached hydrogen (secondary N) is 2. The van der Waals surface area contributed by atoms with Crippen LogP contribution in [0.2, 0.25) is 0 Å². The van der Waals surface area contributed by atoms with Crippen molar-refractivity contribution in [3.8, 4) is 17.1 Å². The Morgan fingerprint density at radius 2 is 1.93 bits per heavy atom. The minimum Gasteiger partial charge on any atom is -0.497 e. The monoisotopic (exact) mass is 402 g/mol. The van der Waals surface area contributed by atoms with Crippen molar-refractivity contribution in [2.45, 2.75) is 26.2 Å². The molecule has 0 saturated carbocycles. The Labute approximate surface area is 166 Å². The summed E-state index contributed by atoms with van der Waals surface area (Å²) in [5.74, 6) is -2.65. The van der Waals surface area contributed by atoms with Gasteiger partial charge in [-0.25, -0.2) is 13.8 Å². The van der Waals surface area contributed by atoms with Gasteiger partial charge in [0.1, 0.15) is 5.75 Å². The van der Waals surface area contributed by atoms with E-state index < -0.39 is 11.8 Å². The van der Waals surface area contributed by atoms with Crippen LogP contribution < -0.4 is 14.8 Å². The number of amides is 1. The fraction of sp³-hybridized carbons (Fsp3) is 0.238. The van der Waals surface area contributed by atoms with Gasteiger partial charge in [-0.3, -0.25) is 4.79 Å². The molecule has 0 atom stereocenters. The Bertz CT molecular complexity index is 1030. The molecule has 0 spiro atoms. The van der Waals surface area contributed by atoms with Crippen molar-refractivity contribution in [1.29, 1.82) is 0 Å². The van der Waals surface area contributed by atoms with Crippen molar-refractivity contribution in [2.75, 3.05) is 12.4 Å². The lowest BCUT2D eigenvalue weighted by molar-refractivity contribution is -0.896. The zero-order valence-corrected chi connectivity index (χ0v) is 16.3. The zero-order valence-electron chi connectivity index (χ0n) is 16.3. The molecule has 3 N–H and O–H groups in total. The van der Waals surface area contributed by atoms with Gasteiger partial charge in [0.2, 0.25) is 0 Å². The summed E-state index contributed by atoms with van der Waals surface area (Å²) in [5.41, 5.74) is 1.07. The number of ether oxygens (including phenoxy) is 1. The van der Waals surface area contributed by atoms with E-state index in [1.165, 1.54) is 31.2 Å². The molecule has 29 heavy (non-hydrogen) atoms. The Morgan fingerprint density at radius 3 is 2.55 bits per heavy atom. The molecule has 0 aliphatic heterocycles. The minimum absolute atomic E-state index is 0.0246. The van der Waals surface area contributed by atoms with E-state index in [4.69, 9.17) is 4.74 Å². The summed E-state index contributed by atoms with van der Waals surface area (Å²) in [7, 11) is 1.55. The minimum atomic E-state index is -2.98.